The van der Waals surface area contributed by atoms with Gasteiger partial charge >= 0.3 is 0 Å². The van der Waals surface area contributed by atoms with Gasteiger partial charge in [0.25, 0.3) is 0 Å². The number of hydrogen-bond acceptors (Lipinski definition) is 3. The van der Waals surface area contributed by atoms with E-state index >= 15 is 0 Å². The lowest BCUT2D eigenvalue weighted by atomic mass is 10.2. The Balaban J connectivity index is 1.87. The number of aromatic nitrogens is 1. The van der Waals surface area contributed by atoms with Crippen LogP contribution >= 0.6 is 0 Å². The number of nitrogens with two attached hydrogens (primary N) is 1. The third-order valence-corrected chi connectivity index (χ3v) is 3.86. The molecule has 0 atom stereocenters. The van der Waals surface area contributed by atoms with Gasteiger partial charge in [0.1, 0.15) is 5.82 Å². The molecular weight excluding hydrogens is 274 g/mol. The first kappa shape index (κ1) is 16.6. The maximum atomic E-state index is 5.84. The lowest BCUT2D eigenvalue weighted by Gasteiger charge is -2.21. The highest BCUT2D eigenvalue weighted by Crippen LogP contribution is 2.17. The zero-order valence-electron chi connectivity index (χ0n) is 13.9. The zero-order chi connectivity index (χ0) is 15.8. The minimum absolute atomic E-state index is 0.505. The van der Waals surface area contributed by atoms with E-state index in [4.69, 9.17) is 5.73 Å². The van der Waals surface area contributed by atoms with Gasteiger partial charge in [0.15, 0.2) is 5.96 Å². The number of aliphatic imine (C=N–C) groups is 1. The Hall–Kier alpha value is -1.78. The second kappa shape index (κ2) is 8.61. The molecule has 0 spiro atoms. The molecule has 122 valence electrons. The molecule has 22 heavy (non-hydrogen) atoms. The number of nitrogens with zero attached hydrogens (tertiary/aromatic N) is 3. The quantitative estimate of drug-likeness (QED) is 0.648. The van der Waals surface area contributed by atoms with E-state index in [1.807, 2.05) is 6.20 Å². The van der Waals surface area contributed by atoms with E-state index in [0.717, 1.165) is 31.0 Å². The second-order valence-electron chi connectivity index (χ2n) is 6.40. The lowest BCUT2D eigenvalue weighted by Crippen LogP contribution is -2.34. The van der Waals surface area contributed by atoms with Gasteiger partial charge in [-0.25, -0.2) is 9.98 Å². The highest BCUT2D eigenvalue weighted by Gasteiger charge is 2.10. The predicted molar refractivity (Wildman–Crippen MR) is 93.1 cm³/mol. The molecule has 0 saturated carbocycles. The molecule has 0 radical (unpaired) electrons. The molecule has 1 saturated heterocycles. The highest BCUT2D eigenvalue weighted by atomic mass is 15.2. The summed E-state index contributed by atoms with van der Waals surface area (Å²) in [5.74, 6) is 2.15. The van der Waals surface area contributed by atoms with E-state index in [1.165, 1.54) is 25.7 Å². The van der Waals surface area contributed by atoms with Crippen molar-refractivity contribution >= 4 is 11.8 Å². The molecule has 2 rings (SSSR count). The van der Waals surface area contributed by atoms with Crippen molar-refractivity contribution in [3.05, 3.63) is 23.9 Å². The molecule has 0 amide bonds. The van der Waals surface area contributed by atoms with Gasteiger partial charge in [0.05, 0.1) is 6.54 Å². The molecular formula is C17H29N5. The maximum absolute atomic E-state index is 5.84. The lowest BCUT2D eigenvalue weighted by molar-refractivity contribution is 0.622. The summed E-state index contributed by atoms with van der Waals surface area (Å²) in [6, 6.07) is 4.21. The van der Waals surface area contributed by atoms with Gasteiger partial charge in [-0.05, 0) is 30.4 Å². The van der Waals surface area contributed by atoms with Crippen LogP contribution in [0.5, 0.6) is 0 Å². The average molecular weight is 303 g/mol. The molecule has 0 unspecified atom stereocenters. The minimum atomic E-state index is 0.505. The van der Waals surface area contributed by atoms with Gasteiger partial charge < -0.3 is 16.0 Å². The summed E-state index contributed by atoms with van der Waals surface area (Å²) in [6.45, 7) is 7.95. The molecule has 0 aliphatic carbocycles. The first-order chi connectivity index (χ1) is 10.6. The average Bonchev–Trinajstić information content (AvgIpc) is 2.80. The SMILES string of the molecule is CC(C)CNC(N)=NCc1ccc(N2CCCCCC2)nc1. The van der Waals surface area contributed by atoms with Crippen molar-refractivity contribution in [2.45, 2.75) is 46.1 Å². The van der Waals surface area contributed by atoms with Crippen molar-refractivity contribution < 1.29 is 0 Å². The Bertz CT molecular complexity index is 458. The Labute approximate surface area is 134 Å². The van der Waals surface area contributed by atoms with Crippen molar-refractivity contribution in [2.75, 3.05) is 24.5 Å². The Morgan fingerprint density at radius 2 is 2.00 bits per heavy atom. The summed E-state index contributed by atoms with van der Waals surface area (Å²) in [5, 5.41) is 3.12. The van der Waals surface area contributed by atoms with Crippen LogP contribution in [-0.4, -0.2) is 30.6 Å². The molecule has 0 aromatic carbocycles. The fourth-order valence-electron chi connectivity index (χ4n) is 2.54. The molecule has 1 aromatic rings. The number of anilines is 1. The van der Waals surface area contributed by atoms with E-state index in [0.29, 0.717) is 18.4 Å². The van der Waals surface area contributed by atoms with Crippen molar-refractivity contribution in [3.8, 4) is 0 Å². The number of pyridine rings is 1. The fraction of sp³-hybridized carbons (Fsp3) is 0.647. The van der Waals surface area contributed by atoms with Crippen LogP contribution in [0.3, 0.4) is 0 Å². The van der Waals surface area contributed by atoms with Crippen LogP contribution in [0.15, 0.2) is 23.3 Å². The minimum Gasteiger partial charge on any atom is -0.370 e. The molecule has 1 aliphatic rings. The Morgan fingerprint density at radius 3 is 2.59 bits per heavy atom. The summed E-state index contributed by atoms with van der Waals surface area (Å²) in [7, 11) is 0. The third-order valence-electron chi connectivity index (χ3n) is 3.86. The van der Waals surface area contributed by atoms with E-state index in [2.05, 4.69) is 46.2 Å². The van der Waals surface area contributed by atoms with Crippen molar-refractivity contribution in [1.29, 1.82) is 0 Å². The zero-order valence-corrected chi connectivity index (χ0v) is 13.9. The largest absolute Gasteiger partial charge is 0.370 e. The standard InChI is InChI=1S/C17H29N5/c1-14(2)11-20-17(18)21-13-15-7-8-16(19-12-15)22-9-5-3-4-6-10-22/h7-8,12,14H,3-6,9-11,13H2,1-2H3,(H3,18,20,21). The first-order valence-corrected chi connectivity index (χ1v) is 8.39. The topological polar surface area (TPSA) is 66.5 Å². The monoisotopic (exact) mass is 303 g/mol. The summed E-state index contributed by atoms with van der Waals surface area (Å²) < 4.78 is 0. The summed E-state index contributed by atoms with van der Waals surface area (Å²) >= 11 is 0. The van der Waals surface area contributed by atoms with E-state index in [1.54, 1.807) is 0 Å². The highest BCUT2D eigenvalue weighted by molar-refractivity contribution is 5.77. The van der Waals surface area contributed by atoms with E-state index < -0.39 is 0 Å². The van der Waals surface area contributed by atoms with Crippen LogP contribution in [0, 0.1) is 5.92 Å². The van der Waals surface area contributed by atoms with Crippen LogP contribution in [-0.2, 0) is 6.54 Å². The van der Waals surface area contributed by atoms with Crippen molar-refractivity contribution in [3.63, 3.8) is 0 Å². The van der Waals surface area contributed by atoms with Gasteiger partial charge in [-0.2, -0.15) is 0 Å². The second-order valence-corrected chi connectivity index (χ2v) is 6.40. The number of hydrogen-bond donors (Lipinski definition) is 2. The number of rotatable bonds is 5. The molecule has 1 aromatic heterocycles. The maximum Gasteiger partial charge on any atom is 0.188 e. The normalized spacial score (nSPS) is 16.7. The summed E-state index contributed by atoms with van der Waals surface area (Å²) in [4.78, 5) is 11.3. The van der Waals surface area contributed by atoms with Gasteiger partial charge in [0.2, 0.25) is 0 Å². The van der Waals surface area contributed by atoms with E-state index in [9.17, 15) is 0 Å². The molecule has 1 fully saturated rings. The summed E-state index contributed by atoms with van der Waals surface area (Å²) in [6.07, 6.45) is 7.13. The van der Waals surface area contributed by atoms with Crippen LogP contribution in [0.4, 0.5) is 5.82 Å². The van der Waals surface area contributed by atoms with Crippen molar-refractivity contribution in [1.82, 2.24) is 10.3 Å². The van der Waals surface area contributed by atoms with Gasteiger partial charge in [-0.15, -0.1) is 0 Å². The Kier molecular flexibility index (Phi) is 6.49. The van der Waals surface area contributed by atoms with Crippen LogP contribution in [0.2, 0.25) is 0 Å². The number of nitrogens with one attached hydrogen (secondary N) is 1. The fourth-order valence-corrected chi connectivity index (χ4v) is 2.54. The molecule has 5 nitrogen and oxygen atoms in total. The smallest absolute Gasteiger partial charge is 0.188 e. The number of guanidine groups is 1. The van der Waals surface area contributed by atoms with Gasteiger partial charge in [0, 0.05) is 25.8 Å². The van der Waals surface area contributed by atoms with Crippen LogP contribution < -0.4 is 16.0 Å². The predicted octanol–water partition coefficient (Wildman–Crippen LogP) is 2.52. The first-order valence-electron chi connectivity index (χ1n) is 8.39. The van der Waals surface area contributed by atoms with Crippen molar-refractivity contribution in [2.24, 2.45) is 16.6 Å². The molecule has 1 aliphatic heterocycles. The third kappa shape index (κ3) is 5.54. The van der Waals surface area contributed by atoms with Crippen LogP contribution in [0.1, 0.15) is 45.1 Å². The molecule has 5 heteroatoms. The Morgan fingerprint density at radius 1 is 1.27 bits per heavy atom. The van der Waals surface area contributed by atoms with Crippen LogP contribution in [0.25, 0.3) is 0 Å². The summed E-state index contributed by atoms with van der Waals surface area (Å²) in [5.41, 5.74) is 6.93. The van der Waals surface area contributed by atoms with Gasteiger partial charge in [-0.1, -0.05) is 32.8 Å². The van der Waals surface area contributed by atoms with E-state index in [-0.39, 0.29) is 0 Å². The molecule has 2 heterocycles. The molecule has 3 N–H and O–H groups in total. The van der Waals surface area contributed by atoms with Gasteiger partial charge in [-0.3, -0.25) is 0 Å². The molecule has 0 bridgehead atoms.